The van der Waals surface area contributed by atoms with Crippen LogP contribution in [0.4, 0.5) is 0 Å². The molecular formula is C10H17N3. The first-order chi connectivity index (χ1) is 6.35. The van der Waals surface area contributed by atoms with E-state index < -0.39 is 0 Å². The van der Waals surface area contributed by atoms with Gasteiger partial charge < -0.3 is 0 Å². The zero-order valence-corrected chi connectivity index (χ0v) is 8.29. The van der Waals surface area contributed by atoms with Gasteiger partial charge in [0.25, 0.3) is 0 Å². The lowest BCUT2D eigenvalue weighted by atomic mass is 10.1. The van der Waals surface area contributed by atoms with Crippen molar-refractivity contribution < 1.29 is 0 Å². The maximum absolute atomic E-state index is 8.42. The Hall–Kier alpha value is -1.22. The van der Waals surface area contributed by atoms with Crippen LogP contribution in [0, 0.1) is 22.9 Å². The number of unbranched alkanes of at least 4 members (excludes halogenated alkanes) is 5. The summed E-state index contributed by atoms with van der Waals surface area (Å²) >= 11 is 0. The van der Waals surface area contributed by atoms with Crippen LogP contribution in [0.2, 0.25) is 0 Å². The molecule has 0 N–H and O–H groups in total. The molecule has 0 aromatic carbocycles. The zero-order chi connectivity index (χ0) is 9.94. The van der Waals surface area contributed by atoms with Crippen molar-refractivity contribution in [2.75, 3.05) is 6.54 Å². The van der Waals surface area contributed by atoms with Crippen molar-refractivity contribution in [3.8, 4) is 12.4 Å². The Morgan fingerprint density at radius 2 is 1.46 bits per heavy atom. The average Bonchev–Trinajstić information content (AvgIpc) is 2.17. The van der Waals surface area contributed by atoms with Gasteiger partial charge in [-0.3, -0.25) is 0 Å². The number of nitriles is 2. The summed E-state index contributed by atoms with van der Waals surface area (Å²) in [6.07, 6.45) is 10.8. The average molecular weight is 179 g/mol. The Labute approximate surface area is 80.6 Å². The van der Waals surface area contributed by atoms with Gasteiger partial charge in [0.15, 0.2) is 12.4 Å². The first-order valence-electron chi connectivity index (χ1n) is 4.92. The van der Waals surface area contributed by atoms with Gasteiger partial charge in [-0.2, -0.15) is 10.5 Å². The molecule has 0 amide bonds. The van der Waals surface area contributed by atoms with Crippen molar-refractivity contribution in [3.63, 3.8) is 0 Å². The minimum absolute atomic E-state index is 0.582. The number of hydrogen-bond donors (Lipinski definition) is 0. The molecule has 0 saturated heterocycles. The molecule has 0 rings (SSSR count). The Kier molecular flexibility index (Phi) is 8.04. The van der Waals surface area contributed by atoms with Crippen LogP contribution in [0.3, 0.4) is 0 Å². The van der Waals surface area contributed by atoms with Gasteiger partial charge in [-0.25, -0.2) is 4.90 Å². The lowest BCUT2D eigenvalue weighted by Crippen LogP contribution is -2.11. The molecule has 3 nitrogen and oxygen atoms in total. The van der Waals surface area contributed by atoms with Crippen LogP contribution in [0.25, 0.3) is 0 Å². The van der Waals surface area contributed by atoms with Crippen molar-refractivity contribution in [2.45, 2.75) is 45.4 Å². The normalized spacial score (nSPS) is 8.85. The SMILES string of the molecule is CCCCCCCCN(C#N)C#N. The minimum atomic E-state index is 0.582. The van der Waals surface area contributed by atoms with E-state index in [9.17, 15) is 0 Å². The molecule has 0 heterocycles. The largest absolute Gasteiger partial charge is 0.216 e. The van der Waals surface area contributed by atoms with Crippen molar-refractivity contribution in [2.24, 2.45) is 0 Å². The molecule has 0 aliphatic heterocycles. The fraction of sp³-hybridized carbons (Fsp3) is 0.800. The van der Waals surface area contributed by atoms with Crippen LogP contribution in [-0.4, -0.2) is 11.4 Å². The molecule has 0 spiro atoms. The molecule has 0 unspecified atom stereocenters. The first-order valence-corrected chi connectivity index (χ1v) is 4.92. The molecular weight excluding hydrogens is 162 g/mol. The summed E-state index contributed by atoms with van der Waals surface area (Å²) in [5.74, 6) is 0. The van der Waals surface area contributed by atoms with Crippen molar-refractivity contribution in [1.82, 2.24) is 4.90 Å². The standard InChI is InChI=1S/C10H17N3/c1-2-3-4-5-6-7-8-13(9-11)10-12/h2-8H2,1H3. The monoisotopic (exact) mass is 179 g/mol. The van der Waals surface area contributed by atoms with E-state index >= 15 is 0 Å². The fourth-order valence-corrected chi connectivity index (χ4v) is 1.17. The second kappa shape index (κ2) is 8.87. The topological polar surface area (TPSA) is 50.8 Å². The van der Waals surface area contributed by atoms with Crippen LogP contribution < -0.4 is 0 Å². The predicted molar refractivity (Wildman–Crippen MR) is 51.3 cm³/mol. The van der Waals surface area contributed by atoms with Crippen LogP contribution in [0.15, 0.2) is 0 Å². The third-order valence-electron chi connectivity index (χ3n) is 1.98. The molecule has 0 aliphatic carbocycles. The highest BCUT2D eigenvalue weighted by molar-refractivity contribution is 4.85. The van der Waals surface area contributed by atoms with Gasteiger partial charge in [-0.05, 0) is 6.42 Å². The maximum Gasteiger partial charge on any atom is 0.193 e. The van der Waals surface area contributed by atoms with Gasteiger partial charge in [0.2, 0.25) is 0 Å². The summed E-state index contributed by atoms with van der Waals surface area (Å²) in [6, 6.07) is 0. The predicted octanol–water partition coefficient (Wildman–Crippen LogP) is 2.61. The molecule has 0 aromatic heterocycles. The van der Waals surface area contributed by atoms with Crippen molar-refractivity contribution in [1.29, 1.82) is 10.5 Å². The zero-order valence-electron chi connectivity index (χ0n) is 8.29. The van der Waals surface area contributed by atoms with Gasteiger partial charge in [0.1, 0.15) is 0 Å². The van der Waals surface area contributed by atoms with E-state index in [1.54, 1.807) is 0 Å². The third kappa shape index (κ3) is 7.15. The summed E-state index contributed by atoms with van der Waals surface area (Å²) < 4.78 is 0. The molecule has 0 saturated carbocycles. The highest BCUT2D eigenvalue weighted by atomic mass is 15.1. The lowest BCUT2D eigenvalue weighted by Gasteiger charge is -2.04. The summed E-state index contributed by atoms with van der Waals surface area (Å²) in [5, 5.41) is 16.8. The molecule has 13 heavy (non-hydrogen) atoms. The first kappa shape index (κ1) is 11.8. The molecule has 3 heteroatoms. The number of nitrogens with zero attached hydrogens (tertiary/aromatic N) is 3. The van der Waals surface area contributed by atoms with Crippen LogP contribution in [0.5, 0.6) is 0 Å². The summed E-state index contributed by atoms with van der Waals surface area (Å²) in [6.45, 7) is 2.77. The number of rotatable bonds is 7. The van der Waals surface area contributed by atoms with Gasteiger partial charge in [0.05, 0.1) is 0 Å². The van der Waals surface area contributed by atoms with Gasteiger partial charge in [-0.1, -0.05) is 39.0 Å². The molecule has 72 valence electrons. The van der Waals surface area contributed by atoms with Crippen molar-refractivity contribution in [3.05, 3.63) is 0 Å². The van der Waals surface area contributed by atoms with E-state index in [1.807, 2.05) is 12.4 Å². The Balaban J connectivity index is 3.17. The Morgan fingerprint density at radius 1 is 0.923 bits per heavy atom. The minimum Gasteiger partial charge on any atom is -0.216 e. The van der Waals surface area contributed by atoms with Gasteiger partial charge in [0, 0.05) is 6.54 Å². The quantitative estimate of drug-likeness (QED) is 0.343. The highest BCUT2D eigenvalue weighted by Crippen LogP contribution is 2.05. The van der Waals surface area contributed by atoms with E-state index in [0.717, 1.165) is 17.7 Å². The van der Waals surface area contributed by atoms with Crippen LogP contribution >= 0.6 is 0 Å². The lowest BCUT2D eigenvalue weighted by molar-refractivity contribution is 0.492. The van der Waals surface area contributed by atoms with Gasteiger partial charge >= 0.3 is 0 Å². The van der Waals surface area contributed by atoms with Gasteiger partial charge in [-0.15, -0.1) is 0 Å². The molecule has 0 atom stereocenters. The van der Waals surface area contributed by atoms with Crippen molar-refractivity contribution >= 4 is 0 Å². The summed E-state index contributed by atoms with van der Waals surface area (Å²) in [4.78, 5) is 1.12. The summed E-state index contributed by atoms with van der Waals surface area (Å²) in [7, 11) is 0. The van der Waals surface area contributed by atoms with Crippen LogP contribution in [0.1, 0.15) is 45.4 Å². The Morgan fingerprint density at radius 3 is 2.00 bits per heavy atom. The van der Waals surface area contributed by atoms with E-state index in [2.05, 4.69) is 6.92 Å². The Bertz CT molecular complexity index is 173. The fourth-order valence-electron chi connectivity index (χ4n) is 1.17. The van der Waals surface area contributed by atoms with E-state index in [0.29, 0.717) is 6.54 Å². The molecule has 0 aliphatic rings. The smallest absolute Gasteiger partial charge is 0.193 e. The van der Waals surface area contributed by atoms with Crippen LogP contribution in [-0.2, 0) is 0 Å². The second-order valence-corrected chi connectivity index (χ2v) is 3.12. The molecule has 0 radical (unpaired) electrons. The highest BCUT2D eigenvalue weighted by Gasteiger charge is 1.97. The summed E-state index contributed by atoms with van der Waals surface area (Å²) in [5.41, 5.74) is 0. The molecule has 0 bridgehead atoms. The maximum atomic E-state index is 8.42. The van der Waals surface area contributed by atoms with E-state index in [4.69, 9.17) is 10.5 Å². The molecule has 0 aromatic rings. The van der Waals surface area contributed by atoms with E-state index in [-0.39, 0.29) is 0 Å². The third-order valence-corrected chi connectivity index (χ3v) is 1.98. The second-order valence-electron chi connectivity index (χ2n) is 3.12. The van der Waals surface area contributed by atoms with E-state index in [1.165, 1.54) is 25.7 Å². The molecule has 0 fully saturated rings. The number of hydrogen-bond acceptors (Lipinski definition) is 3.